The number of amides is 1. The minimum Gasteiger partial charge on any atom is -0.343 e. The molecule has 4 nitrogen and oxygen atoms in total. The molecule has 4 heteroatoms. The minimum absolute atomic E-state index is 0.0831. The molecule has 0 spiro atoms. The average Bonchev–Trinajstić information content (AvgIpc) is 2.20. The summed E-state index contributed by atoms with van der Waals surface area (Å²) in [6, 6.07) is -0.0831. The third-order valence-electron chi connectivity index (χ3n) is 2.85. The van der Waals surface area contributed by atoms with Crippen molar-refractivity contribution in [3.05, 3.63) is 0 Å². The number of rotatable bonds is 4. The Hall–Kier alpha value is -0.610. The van der Waals surface area contributed by atoms with Crippen molar-refractivity contribution >= 4 is 5.91 Å². The summed E-state index contributed by atoms with van der Waals surface area (Å²) in [5, 5.41) is 0. The summed E-state index contributed by atoms with van der Waals surface area (Å²) < 4.78 is 0. The fourth-order valence-corrected chi connectivity index (χ4v) is 1.83. The number of hydrogen-bond donors (Lipinski definition) is 1. The molecule has 0 saturated carbocycles. The largest absolute Gasteiger partial charge is 0.343 e. The molecule has 1 unspecified atom stereocenters. The Morgan fingerprint density at radius 2 is 2.21 bits per heavy atom. The predicted octanol–water partition coefficient (Wildman–Crippen LogP) is -0.112. The summed E-state index contributed by atoms with van der Waals surface area (Å²) in [5.41, 5.74) is 5.63. The Balaban J connectivity index is 2.53. The van der Waals surface area contributed by atoms with E-state index in [1.807, 2.05) is 7.05 Å². The summed E-state index contributed by atoms with van der Waals surface area (Å²) in [6.07, 6.45) is 2.31. The van der Waals surface area contributed by atoms with Gasteiger partial charge < -0.3 is 10.6 Å². The maximum atomic E-state index is 11.7. The molecule has 1 aliphatic heterocycles. The van der Waals surface area contributed by atoms with Crippen LogP contribution < -0.4 is 5.73 Å². The minimum atomic E-state index is -0.0831. The van der Waals surface area contributed by atoms with Crippen molar-refractivity contribution in [3.8, 4) is 0 Å². The smallest absolute Gasteiger partial charge is 0.241 e. The van der Waals surface area contributed by atoms with E-state index in [2.05, 4.69) is 11.8 Å². The molecule has 1 amide bonds. The lowest BCUT2D eigenvalue weighted by Gasteiger charge is -2.38. The molecular weight excluding hydrogens is 178 g/mol. The van der Waals surface area contributed by atoms with Gasteiger partial charge in [0.1, 0.15) is 6.04 Å². The first-order valence-corrected chi connectivity index (χ1v) is 5.39. The first-order chi connectivity index (χ1) is 6.70. The Morgan fingerprint density at radius 1 is 1.50 bits per heavy atom. The van der Waals surface area contributed by atoms with Crippen LogP contribution in [0.1, 0.15) is 19.8 Å². The number of unbranched alkanes of at least 4 members (excludes halogenated alkanes) is 1. The molecule has 0 aliphatic carbocycles. The molecule has 1 heterocycles. The van der Waals surface area contributed by atoms with Crippen molar-refractivity contribution in [2.45, 2.75) is 25.8 Å². The number of nitrogens with two attached hydrogens (primary N) is 1. The molecule has 1 aliphatic rings. The Labute approximate surface area is 86.0 Å². The standard InChI is InChI=1S/C10H21N3O/c1-3-4-5-13-7-6-12(2)10(14)9(13)8-11/h9H,3-8,11H2,1-2H3. The SMILES string of the molecule is CCCCN1CCN(C)C(=O)C1CN. The molecule has 14 heavy (non-hydrogen) atoms. The number of hydrogen-bond acceptors (Lipinski definition) is 3. The quantitative estimate of drug-likeness (QED) is 0.687. The fraction of sp³-hybridized carbons (Fsp3) is 0.900. The van der Waals surface area contributed by atoms with Crippen LogP contribution >= 0.6 is 0 Å². The van der Waals surface area contributed by atoms with Gasteiger partial charge in [-0.1, -0.05) is 13.3 Å². The Morgan fingerprint density at radius 3 is 2.79 bits per heavy atom. The highest BCUT2D eigenvalue weighted by Crippen LogP contribution is 2.10. The van der Waals surface area contributed by atoms with E-state index in [-0.39, 0.29) is 11.9 Å². The molecule has 0 aromatic heterocycles. The van der Waals surface area contributed by atoms with E-state index in [9.17, 15) is 4.79 Å². The van der Waals surface area contributed by atoms with Crippen molar-refractivity contribution in [3.63, 3.8) is 0 Å². The second kappa shape index (κ2) is 5.32. The second-order valence-corrected chi connectivity index (χ2v) is 3.90. The normalized spacial score (nSPS) is 24.4. The number of likely N-dealkylation sites (N-methyl/N-ethyl adjacent to an activating group) is 1. The summed E-state index contributed by atoms with van der Waals surface area (Å²) in [7, 11) is 1.85. The summed E-state index contributed by atoms with van der Waals surface area (Å²) in [5.74, 6) is 0.176. The van der Waals surface area contributed by atoms with Gasteiger partial charge in [-0.3, -0.25) is 9.69 Å². The third-order valence-corrected chi connectivity index (χ3v) is 2.85. The third kappa shape index (κ3) is 2.45. The topological polar surface area (TPSA) is 49.6 Å². The highest BCUT2D eigenvalue weighted by Gasteiger charge is 2.30. The maximum Gasteiger partial charge on any atom is 0.241 e. The zero-order chi connectivity index (χ0) is 10.6. The van der Waals surface area contributed by atoms with Gasteiger partial charge in [-0.25, -0.2) is 0 Å². The zero-order valence-electron chi connectivity index (χ0n) is 9.20. The van der Waals surface area contributed by atoms with Crippen LogP contribution in [0.15, 0.2) is 0 Å². The molecule has 2 N–H and O–H groups in total. The lowest BCUT2D eigenvalue weighted by atomic mass is 10.1. The van der Waals surface area contributed by atoms with Gasteiger partial charge in [-0.05, 0) is 13.0 Å². The zero-order valence-corrected chi connectivity index (χ0v) is 9.20. The van der Waals surface area contributed by atoms with Crippen molar-refractivity contribution in [1.82, 2.24) is 9.80 Å². The van der Waals surface area contributed by atoms with Crippen LogP contribution in [0.5, 0.6) is 0 Å². The molecule has 1 rings (SSSR count). The monoisotopic (exact) mass is 199 g/mol. The average molecular weight is 199 g/mol. The maximum absolute atomic E-state index is 11.7. The van der Waals surface area contributed by atoms with Gasteiger partial charge in [0.25, 0.3) is 0 Å². The van der Waals surface area contributed by atoms with Gasteiger partial charge >= 0.3 is 0 Å². The number of carbonyl (C=O) groups is 1. The lowest BCUT2D eigenvalue weighted by molar-refractivity contribution is -0.139. The molecule has 1 fully saturated rings. The van der Waals surface area contributed by atoms with Crippen molar-refractivity contribution < 1.29 is 4.79 Å². The molecule has 0 aromatic carbocycles. The first-order valence-electron chi connectivity index (χ1n) is 5.39. The molecule has 0 radical (unpaired) electrons. The highest BCUT2D eigenvalue weighted by molar-refractivity contribution is 5.82. The van der Waals surface area contributed by atoms with Gasteiger partial charge in [0.2, 0.25) is 5.91 Å². The van der Waals surface area contributed by atoms with Crippen LogP contribution in [0.2, 0.25) is 0 Å². The van der Waals surface area contributed by atoms with Gasteiger partial charge in [0.15, 0.2) is 0 Å². The lowest BCUT2D eigenvalue weighted by Crippen LogP contribution is -2.58. The molecule has 0 aromatic rings. The van der Waals surface area contributed by atoms with E-state index in [4.69, 9.17) is 5.73 Å². The highest BCUT2D eigenvalue weighted by atomic mass is 16.2. The van der Waals surface area contributed by atoms with Crippen LogP contribution in [0.3, 0.4) is 0 Å². The van der Waals surface area contributed by atoms with Crippen LogP contribution in [-0.2, 0) is 4.79 Å². The van der Waals surface area contributed by atoms with Crippen LogP contribution in [0.25, 0.3) is 0 Å². The van der Waals surface area contributed by atoms with E-state index in [0.717, 1.165) is 32.5 Å². The van der Waals surface area contributed by atoms with Crippen LogP contribution in [-0.4, -0.2) is 55.0 Å². The number of piperazine rings is 1. The van der Waals surface area contributed by atoms with E-state index in [1.165, 1.54) is 0 Å². The van der Waals surface area contributed by atoms with E-state index in [0.29, 0.717) is 6.54 Å². The summed E-state index contributed by atoms with van der Waals surface area (Å²) in [6.45, 7) is 5.39. The fourth-order valence-electron chi connectivity index (χ4n) is 1.83. The van der Waals surface area contributed by atoms with Crippen molar-refractivity contribution in [2.75, 3.05) is 33.2 Å². The number of carbonyl (C=O) groups excluding carboxylic acids is 1. The van der Waals surface area contributed by atoms with E-state index >= 15 is 0 Å². The second-order valence-electron chi connectivity index (χ2n) is 3.90. The Bertz CT molecular complexity index is 194. The molecule has 82 valence electrons. The van der Waals surface area contributed by atoms with Crippen molar-refractivity contribution in [2.24, 2.45) is 5.73 Å². The number of nitrogens with zero attached hydrogens (tertiary/aromatic N) is 2. The van der Waals surface area contributed by atoms with Gasteiger partial charge in [0, 0.05) is 26.7 Å². The first kappa shape index (κ1) is 11.5. The Kier molecular flexibility index (Phi) is 4.35. The molecule has 1 atom stereocenters. The van der Waals surface area contributed by atoms with Crippen LogP contribution in [0.4, 0.5) is 0 Å². The molecule has 1 saturated heterocycles. The van der Waals surface area contributed by atoms with Crippen LogP contribution in [0, 0.1) is 0 Å². The molecular formula is C10H21N3O. The van der Waals surface area contributed by atoms with Gasteiger partial charge in [-0.2, -0.15) is 0 Å². The van der Waals surface area contributed by atoms with E-state index in [1.54, 1.807) is 4.90 Å². The summed E-state index contributed by atoms with van der Waals surface area (Å²) in [4.78, 5) is 15.7. The predicted molar refractivity (Wildman–Crippen MR) is 57.0 cm³/mol. The van der Waals surface area contributed by atoms with Gasteiger partial charge in [0.05, 0.1) is 0 Å². The molecule has 0 bridgehead atoms. The summed E-state index contributed by atoms with van der Waals surface area (Å²) >= 11 is 0. The van der Waals surface area contributed by atoms with Crippen molar-refractivity contribution in [1.29, 1.82) is 0 Å². The van der Waals surface area contributed by atoms with E-state index < -0.39 is 0 Å². The van der Waals surface area contributed by atoms with Gasteiger partial charge in [-0.15, -0.1) is 0 Å².